The van der Waals surface area contributed by atoms with Gasteiger partial charge in [0.15, 0.2) is 0 Å². The number of benzene rings is 2. The van der Waals surface area contributed by atoms with E-state index < -0.39 is 70.1 Å². The number of aromatic nitrogens is 2. The number of nitrogens with one attached hydrogen (secondary N) is 3. The van der Waals surface area contributed by atoms with Crippen molar-refractivity contribution in [2.45, 2.75) is 12.6 Å². The SMILES string of the molecule is CNc1cc2c(CC(F)(F)F)c(=O)n(-c3cc(NC(=O)Nc4ccc(F)cc4F)c(F)cc3F)cc2cn1. The lowest BCUT2D eigenvalue weighted by Crippen LogP contribution is -2.27. The van der Waals surface area contributed by atoms with Crippen molar-refractivity contribution >= 4 is 34.0 Å². The highest BCUT2D eigenvalue weighted by Crippen LogP contribution is 2.28. The van der Waals surface area contributed by atoms with Gasteiger partial charge in [0, 0.05) is 42.5 Å². The van der Waals surface area contributed by atoms with Gasteiger partial charge in [0.1, 0.15) is 29.1 Å². The van der Waals surface area contributed by atoms with Crippen molar-refractivity contribution in [2.75, 3.05) is 23.0 Å². The molecule has 0 aliphatic rings. The van der Waals surface area contributed by atoms with E-state index in [1.54, 1.807) is 0 Å². The van der Waals surface area contributed by atoms with Crippen LogP contribution in [0.3, 0.4) is 0 Å². The molecule has 38 heavy (non-hydrogen) atoms. The van der Waals surface area contributed by atoms with E-state index in [1.165, 1.54) is 19.3 Å². The maximum absolute atomic E-state index is 14.8. The number of nitrogens with zero attached hydrogens (tertiary/aromatic N) is 2. The highest BCUT2D eigenvalue weighted by Gasteiger charge is 2.31. The number of urea groups is 1. The Bertz CT molecular complexity index is 1620. The summed E-state index contributed by atoms with van der Waals surface area (Å²) in [7, 11) is 1.47. The van der Waals surface area contributed by atoms with Gasteiger partial charge in [0.25, 0.3) is 5.56 Å². The maximum atomic E-state index is 14.8. The van der Waals surface area contributed by atoms with Crippen molar-refractivity contribution in [3.63, 3.8) is 0 Å². The smallest absolute Gasteiger partial charge is 0.373 e. The van der Waals surface area contributed by atoms with Crippen LogP contribution in [0.4, 0.5) is 52.7 Å². The number of hydrogen-bond donors (Lipinski definition) is 3. The minimum Gasteiger partial charge on any atom is -0.373 e. The summed E-state index contributed by atoms with van der Waals surface area (Å²) in [6, 6.07) is 3.27. The van der Waals surface area contributed by atoms with Crippen LogP contribution < -0.4 is 21.5 Å². The van der Waals surface area contributed by atoms with Gasteiger partial charge in [0.2, 0.25) is 0 Å². The van der Waals surface area contributed by atoms with Crippen LogP contribution in [-0.2, 0) is 6.42 Å². The summed E-state index contributed by atoms with van der Waals surface area (Å²) in [4.78, 5) is 29.4. The molecule has 0 radical (unpaired) electrons. The molecule has 0 bridgehead atoms. The molecular formula is C24H16F7N5O2. The van der Waals surface area contributed by atoms with E-state index in [4.69, 9.17) is 0 Å². The van der Waals surface area contributed by atoms with E-state index >= 15 is 0 Å². The van der Waals surface area contributed by atoms with E-state index in [9.17, 15) is 40.3 Å². The predicted octanol–water partition coefficient (Wildman–Crippen LogP) is 5.73. The second kappa shape index (κ2) is 10.0. The summed E-state index contributed by atoms with van der Waals surface area (Å²) in [6.45, 7) is 0. The number of fused-ring (bicyclic) bond motifs is 1. The van der Waals surface area contributed by atoms with Gasteiger partial charge in [-0.05, 0) is 29.7 Å². The number of anilines is 3. The third kappa shape index (κ3) is 5.53. The molecule has 3 N–H and O–H groups in total. The van der Waals surface area contributed by atoms with Gasteiger partial charge in [-0.15, -0.1) is 0 Å². The molecule has 0 fully saturated rings. The average Bonchev–Trinajstić information content (AvgIpc) is 2.83. The first kappa shape index (κ1) is 26.4. The minimum atomic E-state index is -4.80. The van der Waals surface area contributed by atoms with E-state index in [-0.39, 0.29) is 16.6 Å². The van der Waals surface area contributed by atoms with Crippen molar-refractivity contribution in [2.24, 2.45) is 0 Å². The summed E-state index contributed by atoms with van der Waals surface area (Å²) in [6.07, 6.45) is -4.24. The number of alkyl halides is 3. The second-order valence-corrected chi connectivity index (χ2v) is 7.97. The molecule has 2 amide bonds. The fourth-order valence-electron chi connectivity index (χ4n) is 3.66. The van der Waals surface area contributed by atoms with Crippen LogP contribution in [0, 0.1) is 23.3 Å². The molecule has 4 aromatic rings. The molecule has 0 aliphatic heterocycles. The first-order valence-corrected chi connectivity index (χ1v) is 10.7. The van der Waals surface area contributed by atoms with Crippen LogP contribution in [0.15, 0.2) is 53.6 Å². The summed E-state index contributed by atoms with van der Waals surface area (Å²) in [5, 5.41) is 6.62. The first-order chi connectivity index (χ1) is 17.9. The third-order valence-electron chi connectivity index (χ3n) is 5.36. The largest absolute Gasteiger partial charge is 0.393 e. The van der Waals surface area contributed by atoms with Gasteiger partial charge >= 0.3 is 12.2 Å². The Kier molecular flexibility index (Phi) is 6.98. The predicted molar refractivity (Wildman–Crippen MR) is 126 cm³/mol. The van der Waals surface area contributed by atoms with Crippen LogP contribution >= 0.6 is 0 Å². The molecule has 198 valence electrons. The van der Waals surface area contributed by atoms with E-state index in [0.717, 1.165) is 18.3 Å². The first-order valence-electron chi connectivity index (χ1n) is 10.7. The lowest BCUT2D eigenvalue weighted by molar-refractivity contribution is -0.127. The van der Waals surface area contributed by atoms with Gasteiger partial charge in [0.05, 0.1) is 23.5 Å². The summed E-state index contributed by atoms with van der Waals surface area (Å²) in [5.41, 5.74) is -3.77. The van der Waals surface area contributed by atoms with Crippen molar-refractivity contribution in [1.82, 2.24) is 9.55 Å². The highest BCUT2D eigenvalue weighted by molar-refractivity contribution is 6.00. The van der Waals surface area contributed by atoms with Crippen molar-refractivity contribution < 1.29 is 35.5 Å². The quantitative estimate of drug-likeness (QED) is 0.283. The average molecular weight is 539 g/mol. The molecule has 0 aliphatic carbocycles. The van der Waals surface area contributed by atoms with Crippen LogP contribution in [-0.4, -0.2) is 28.8 Å². The monoisotopic (exact) mass is 539 g/mol. The Morgan fingerprint density at radius 1 is 0.947 bits per heavy atom. The number of carbonyl (C=O) groups is 1. The molecule has 14 heteroatoms. The van der Waals surface area contributed by atoms with Crippen LogP contribution in [0.1, 0.15) is 5.56 Å². The normalized spacial score (nSPS) is 11.5. The summed E-state index contributed by atoms with van der Waals surface area (Å²) < 4.78 is 96.7. The van der Waals surface area contributed by atoms with Gasteiger partial charge in [-0.3, -0.25) is 9.36 Å². The molecule has 2 aromatic carbocycles. The lowest BCUT2D eigenvalue weighted by Gasteiger charge is -2.16. The highest BCUT2D eigenvalue weighted by atomic mass is 19.4. The molecule has 4 rings (SSSR count). The number of halogens is 7. The number of rotatable bonds is 5. The Hall–Kier alpha value is -4.62. The molecule has 0 spiro atoms. The zero-order valence-electron chi connectivity index (χ0n) is 19.2. The van der Waals surface area contributed by atoms with Crippen molar-refractivity contribution in [3.8, 4) is 5.69 Å². The molecule has 2 aromatic heterocycles. The number of amides is 2. The van der Waals surface area contributed by atoms with Crippen molar-refractivity contribution in [3.05, 3.63) is 88.0 Å². The van der Waals surface area contributed by atoms with Crippen LogP contribution in [0.25, 0.3) is 16.5 Å². The lowest BCUT2D eigenvalue weighted by atomic mass is 10.1. The molecule has 7 nitrogen and oxygen atoms in total. The maximum Gasteiger partial charge on any atom is 0.393 e. The molecular weight excluding hydrogens is 523 g/mol. The van der Waals surface area contributed by atoms with Gasteiger partial charge in [-0.1, -0.05) is 0 Å². The van der Waals surface area contributed by atoms with E-state index in [1.807, 2.05) is 10.6 Å². The minimum absolute atomic E-state index is 0.0469. The fraction of sp³-hybridized carbons (Fsp3) is 0.125. The molecule has 0 saturated heterocycles. The van der Waals surface area contributed by atoms with Gasteiger partial charge in [-0.2, -0.15) is 13.2 Å². The number of carbonyl (C=O) groups excluding carboxylic acids is 1. The topological polar surface area (TPSA) is 88.0 Å². The van der Waals surface area contributed by atoms with Gasteiger partial charge < -0.3 is 16.0 Å². The Morgan fingerprint density at radius 2 is 1.63 bits per heavy atom. The zero-order valence-corrected chi connectivity index (χ0v) is 19.2. The number of hydrogen-bond acceptors (Lipinski definition) is 4. The standard InChI is InChI=1S/C24H16F7N5O2/c1-32-21-5-13-11(9-33-21)10-36(22(37)14(13)8-24(29,30)31)20-7-19(16(27)6-17(20)28)35-23(38)34-18-3-2-12(25)4-15(18)26/h2-7,9-10,32H,8H2,1H3,(H2,34,35,38). The summed E-state index contributed by atoms with van der Waals surface area (Å²) in [5.74, 6) is -4.48. The Labute approximate surface area is 208 Å². The van der Waals surface area contributed by atoms with Crippen molar-refractivity contribution in [1.29, 1.82) is 0 Å². The molecule has 2 heterocycles. The Morgan fingerprint density at radius 3 is 2.29 bits per heavy atom. The van der Waals surface area contributed by atoms with Crippen LogP contribution in [0.5, 0.6) is 0 Å². The third-order valence-corrected chi connectivity index (χ3v) is 5.36. The zero-order chi connectivity index (χ0) is 27.8. The fourth-order valence-corrected chi connectivity index (χ4v) is 3.66. The number of pyridine rings is 2. The Balaban J connectivity index is 1.79. The molecule has 0 saturated carbocycles. The van der Waals surface area contributed by atoms with E-state index in [0.29, 0.717) is 22.8 Å². The summed E-state index contributed by atoms with van der Waals surface area (Å²) >= 11 is 0. The van der Waals surface area contributed by atoms with Gasteiger partial charge in [-0.25, -0.2) is 27.3 Å². The van der Waals surface area contributed by atoms with Crippen LogP contribution in [0.2, 0.25) is 0 Å². The van der Waals surface area contributed by atoms with E-state index in [2.05, 4.69) is 10.3 Å². The molecule has 0 unspecified atom stereocenters. The molecule has 0 atom stereocenters. The second-order valence-electron chi connectivity index (χ2n) is 7.97.